The smallest absolute Gasteiger partial charge is 0.197 e. The molecule has 0 spiro atoms. The normalized spacial score (nSPS) is 14.1. The lowest BCUT2D eigenvalue weighted by Crippen LogP contribution is -2.25. The Hall–Kier alpha value is -0.510. The van der Waals surface area contributed by atoms with Gasteiger partial charge in [-0.2, -0.15) is 0 Å². The van der Waals surface area contributed by atoms with Crippen LogP contribution in [0, 0.1) is 0 Å². The van der Waals surface area contributed by atoms with Crippen LogP contribution >= 0.6 is 11.6 Å². The lowest BCUT2D eigenvalue weighted by molar-refractivity contribution is 0.0118. The summed E-state index contributed by atoms with van der Waals surface area (Å²) in [6, 6.07) is 2.12. The minimum atomic E-state index is -0.106. The zero-order valence-corrected chi connectivity index (χ0v) is 11.1. The van der Waals surface area contributed by atoms with Crippen molar-refractivity contribution in [1.82, 2.24) is 5.32 Å². The van der Waals surface area contributed by atoms with E-state index in [9.17, 15) is 0 Å². The number of ether oxygens (including phenoxy) is 1. The highest BCUT2D eigenvalue weighted by Gasteiger charge is 2.21. The summed E-state index contributed by atoms with van der Waals surface area (Å²) < 4.78 is 10.5. The summed E-state index contributed by atoms with van der Waals surface area (Å²) in [6.45, 7) is 4.16. The van der Waals surface area contributed by atoms with Gasteiger partial charge >= 0.3 is 0 Å². The van der Waals surface area contributed by atoms with E-state index in [-0.39, 0.29) is 11.6 Å². The molecule has 0 bridgehead atoms. The number of hydrogen-bond acceptors (Lipinski definition) is 3. The van der Waals surface area contributed by atoms with Crippen LogP contribution in [-0.2, 0) is 4.74 Å². The van der Waals surface area contributed by atoms with Crippen LogP contribution in [0.5, 0.6) is 0 Å². The molecule has 1 heterocycles. The summed E-state index contributed by atoms with van der Waals surface area (Å²) in [5.41, 5.74) is 0.904. The molecule has 0 aliphatic rings. The van der Waals surface area contributed by atoms with Crippen molar-refractivity contribution in [3.63, 3.8) is 0 Å². The summed E-state index contributed by atoms with van der Waals surface area (Å²) in [7, 11) is 3.66. The highest BCUT2D eigenvalue weighted by molar-refractivity contribution is 6.29. The Morgan fingerprint density at radius 1 is 1.56 bits per heavy atom. The zero-order valence-electron chi connectivity index (χ0n) is 10.3. The Kier molecular flexibility index (Phi) is 4.84. The molecule has 1 N–H and O–H groups in total. The van der Waals surface area contributed by atoms with Gasteiger partial charge in [0.1, 0.15) is 0 Å². The summed E-state index contributed by atoms with van der Waals surface area (Å²) in [5, 5.41) is 3.71. The predicted octanol–water partition coefficient (Wildman–Crippen LogP) is 3.40. The molecule has 0 saturated heterocycles. The molecule has 0 aliphatic carbocycles. The maximum absolute atomic E-state index is 5.96. The van der Waals surface area contributed by atoms with E-state index in [4.69, 9.17) is 20.8 Å². The molecule has 1 rings (SSSR count). The van der Waals surface area contributed by atoms with Crippen LogP contribution < -0.4 is 5.32 Å². The first-order chi connectivity index (χ1) is 7.50. The maximum Gasteiger partial charge on any atom is 0.197 e. The minimum Gasteiger partial charge on any atom is -0.453 e. The first-order valence-electron chi connectivity index (χ1n) is 5.45. The van der Waals surface area contributed by atoms with E-state index >= 15 is 0 Å². The van der Waals surface area contributed by atoms with E-state index in [1.807, 2.05) is 13.1 Å². The topological polar surface area (TPSA) is 34.4 Å². The molecule has 0 aromatic carbocycles. The highest BCUT2D eigenvalue weighted by Crippen LogP contribution is 2.29. The van der Waals surface area contributed by atoms with Gasteiger partial charge in [0.2, 0.25) is 0 Å². The quantitative estimate of drug-likeness (QED) is 0.834. The molecule has 0 amide bonds. The van der Waals surface area contributed by atoms with Gasteiger partial charge in [-0.15, -0.1) is 0 Å². The van der Waals surface area contributed by atoms with Crippen LogP contribution in [0.25, 0.3) is 0 Å². The van der Waals surface area contributed by atoms with Crippen molar-refractivity contribution in [2.45, 2.75) is 38.3 Å². The second-order valence-electron chi connectivity index (χ2n) is 4.49. The largest absolute Gasteiger partial charge is 0.453 e. The van der Waals surface area contributed by atoms with E-state index in [0.717, 1.165) is 18.4 Å². The fourth-order valence-electron chi connectivity index (χ4n) is 1.60. The number of rotatable bonds is 6. The van der Waals surface area contributed by atoms with Crippen molar-refractivity contribution >= 4 is 11.6 Å². The van der Waals surface area contributed by atoms with Gasteiger partial charge < -0.3 is 14.5 Å². The maximum atomic E-state index is 5.96. The Morgan fingerprint density at radius 3 is 2.69 bits per heavy atom. The Bertz CT molecular complexity index is 323. The van der Waals surface area contributed by atoms with E-state index in [2.05, 4.69) is 19.2 Å². The van der Waals surface area contributed by atoms with E-state index in [1.54, 1.807) is 13.4 Å². The Morgan fingerprint density at radius 2 is 2.25 bits per heavy atom. The van der Waals surface area contributed by atoms with Crippen LogP contribution in [-0.4, -0.2) is 19.8 Å². The van der Waals surface area contributed by atoms with Gasteiger partial charge in [-0.1, -0.05) is 0 Å². The number of furan rings is 1. The second kappa shape index (κ2) is 5.71. The Labute approximate surface area is 102 Å². The average molecular weight is 246 g/mol. The van der Waals surface area contributed by atoms with Crippen LogP contribution in [0.4, 0.5) is 0 Å². The van der Waals surface area contributed by atoms with Gasteiger partial charge in [-0.05, 0) is 51.4 Å². The number of nitrogens with one attached hydrogen (secondary N) is 1. The Balaban J connectivity index is 2.60. The van der Waals surface area contributed by atoms with E-state index < -0.39 is 0 Å². The van der Waals surface area contributed by atoms with Crippen molar-refractivity contribution < 1.29 is 9.15 Å². The standard InChI is InChI=1S/C12H20ClNO2/c1-12(2,15-4)7-5-10(14-3)9-6-8-16-11(9)13/h6,8,10,14H,5,7H2,1-4H3. The number of halogens is 1. The third kappa shape index (κ3) is 3.51. The summed E-state index contributed by atoms with van der Waals surface area (Å²) in [4.78, 5) is 0. The van der Waals surface area contributed by atoms with Gasteiger partial charge in [-0.3, -0.25) is 0 Å². The molecule has 4 heteroatoms. The first-order valence-corrected chi connectivity index (χ1v) is 5.83. The molecule has 0 fully saturated rings. The van der Waals surface area contributed by atoms with E-state index in [1.165, 1.54) is 0 Å². The van der Waals surface area contributed by atoms with Gasteiger partial charge in [0, 0.05) is 18.7 Å². The average Bonchev–Trinajstić information content (AvgIpc) is 2.66. The summed E-state index contributed by atoms with van der Waals surface area (Å²) in [5.74, 6) is 0. The van der Waals surface area contributed by atoms with Crippen molar-refractivity contribution in [2.24, 2.45) is 0 Å². The van der Waals surface area contributed by atoms with Crippen LogP contribution in [0.1, 0.15) is 38.3 Å². The lowest BCUT2D eigenvalue weighted by Gasteiger charge is -2.25. The molecule has 1 aromatic heterocycles. The first kappa shape index (κ1) is 13.6. The van der Waals surface area contributed by atoms with E-state index in [0.29, 0.717) is 5.22 Å². The van der Waals surface area contributed by atoms with Crippen molar-refractivity contribution in [1.29, 1.82) is 0 Å². The van der Waals surface area contributed by atoms with Crippen molar-refractivity contribution in [2.75, 3.05) is 14.2 Å². The summed E-state index contributed by atoms with van der Waals surface area (Å²) in [6.07, 6.45) is 3.52. The molecule has 0 saturated carbocycles. The fourth-order valence-corrected chi connectivity index (χ4v) is 1.85. The molecular weight excluding hydrogens is 226 g/mol. The SMILES string of the molecule is CNC(CCC(C)(C)OC)c1ccoc1Cl. The van der Waals surface area contributed by atoms with Gasteiger partial charge in [0.25, 0.3) is 0 Å². The summed E-state index contributed by atoms with van der Waals surface area (Å²) >= 11 is 5.96. The number of methoxy groups -OCH3 is 1. The van der Waals surface area contributed by atoms with Gasteiger partial charge in [0.15, 0.2) is 5.22 Å². The molecule has 0 radical (unpaired) electrons. The third-order valence-corrected chi connectivity index (χ3v) is 3.26. The third-order valence-electron chi connectivity index (χ3n) is 2.96. The molecule has 1 unspecified atom stereocenters. The molecular formula is C12H20ClNO2. The van der Waals surface area contributed by atoms with Gasteiger partial charge in [0.05, 0.1) is 11.9 Å². The molecule has 92 valence electrons. The zero-order chi connectivity index (χ0) is 12.2. The van der Waals surface area contributed by atoms with Gasteiger partial charge in [-0.25, -0.2) is 0 Å². The minimum absolute atomic E-state index is 0.106. The highest BCUT2D eigenvalue weighted by atomic mass is 35.5. The lowest BCUT2D eigenvalue weighted by atomic mass is 9.96. The van der Waals surface area contributed by atoms with Crippen LogP contribution in [0.2, 0.25) is 5.22 Å². The number of hydrogen-bond donors (Lipinski definition) is 1. The van der Waals surface area contributed by atoms with Crippen molar-refractivity contribution in [3.8, 4) is 0 Å². The predicted molar refractivity (Wildman–Crippen MR) is 65.8 cm³/mol. The van der Waals surface area contributed by atoms with Crippen LogP contribution in [0.15, 0.2) is 16.7 Å². The van der Waals surface area contributed by atoms with Crippen molar-refractivity contribution in [3.05, 3.63) is 23.1 Å². The molecule has 1 aromatic rings. The molecule has 1 atom stereocenters. The second-order valence-corrected chi connectivity index (χ2v) is 4.84. The fraction of sp³-hybridized carbons (Fsp3) is 0.667. The monoisotopic (exact) mass is 245 g/mol. The molecule has 3 nitrogen and oxygen atoms in total. The molecule has 0 aliphatic heterocycles. The molecule has 16 heavy (non-hydrogen) atoms. The van der Waals surface area contributed by atoms with Crippen LogP contribution in [0.3, 0.4) is 0 Å².